The number of nitrogens with one attached hydrogen (secondary N) is 1. The highest BCUT2D eigenvalue weighted by atomic mass is 79.9. The van der Waals surface area contributed by atoms with Crippen molar-refractivity contribution in [2.24, 2.45) is 5.73 Å². The van der Waals surface area contributed by atoms with Crippen molar-refractivity contribution in [3.05, 3.63) is 28.2 Å². The van der Waals surface area contributed by atoms with Crippen LogP contribution in [0.15, 0.2) is 27.6 Å². The molecule has 0 bridgehead atoms. The molecule has 1 heterocycles. The Morgan fingerprint density at radius 2 is 1.93 bits per heavy atom. The molecule has 2 rings (SSSR count). The molecular weight excluding hydrogens is 446 g/mol. The van der Waals surface area contributed by atoms with Gasteiger partial charge in [0, 0.05) is 17.6 Å². The molecule has 12 heteroatoms. The molecule has 1 atom stereocenters. The van der Waals surface area contributed by atoms with Crippen molar-refractivity contribution < 1.29 is 32.3 Å². The van der Waals surface area contributed by atoms with E-state index in [2.05, 4.69) is 15.9 Å². The largest absolute Gasteiger partial charge is 0.449 e. The smallest absolute Gasteiger partial charge is 0.338 e. The molecule has 1 unspecified atom stereocenters. The van der Waals surface area contributed by atoms with Gasteiger partial charge < -0.3 is 15.2 Å². The molecule has 1 fully saturated rings. The van der Waals surface area contributed by atoms with Gasteiger partial charge in [-0.15, -0.1) is 0 Å². The molecule has 1 aliphatic heterocycles. The van der Waals surface area contributed by atoms with Gasteiger partial charge in [0.1, 0.15) is 0 Å². The van der Waals surface area contributed by atoms with E-state index in [1.165, 1.54) is 23.4 Å². The highest BCUT2D eigenvalue weighted by Crippen LogP contribution is 2.27. The Balaban J connectivity index is 2.22. The van der Waals surface area contributed by atoms with Crippen molar-refractivity contribution in [2.45, 2.75) is 17.9 Å². The van der Waals surface area contributed by atoms with Gasteiger partial charge >= 0.3 is 12.0 Å². The molecule has 1 aliphatic rings. The second-order valence-electron chi connectivity index (χ2n) is 5.56. The Labute approximate surface area is 164 Å². The lowest BCUT2D eigenvalue weighted by atomic mass is 10.2. The number of urea groups is 1. The summed E-state index contributed by atoms with van der Waals surface area (Å²) in [5.74, 6) is -1.82. The molecule has 0 aliphatic carbocycles. The normalized spacial score (nSPS) is 16.4. The first-order chi connectivity index (χ1) is 12.6. The van der Waals surface area contributed by atoms with Crippen LogP contribution >= 0.6 is 15.9 Å². The number of carbonyl (C=O) groups excluding carboxylic acids is 3. The lowest BCUT2D eigenvalue weighted by Gasteiger charge is -2.26. The van der Waals surface area contributed by atoms with E-state index in [0.29, 0.717) is 0 Å². The number of morpholine rings is 1. The summed E-state index contributed by atoms with van der Waals surface area (Å²) in [5, 5.41) is 1.79. The Morgan fingerprint density at radius 3 is 2.52 bits per heavy atom. The number of ether oxygens (including phenoxy) is 2. The van der Waals surface area contributed by atoms with E-state index in [4.69, 9.17) is 15.2 Å². The number of imide groups is 1. The number of rotatable bonds is 5. The number of primary amides is 1. The summed E-state index contributed by atoms with van der Waals surface area (Å²) in [4.78, 5) is 34.4. The molecule has 1 aromatic rings. The molecule has 0 spiro atoms. The first-order valence-electron chi connectivity index (χ1n) is 7.81. The van der Waals surface area contributed by atoms with Gasteiger partial charge in [0.15, 0.2) is 6.10 Å². The predicted molar refractivity (Wildman–Crippen MR) is 96.3 cm³/mol. The summed E-state index contributed by atoms with van der Waals surface area (Å²) in [5.41, 5.74) is 4.77. The molecule has 0 saturated carbocycles. The lowest BCUT2D eigenvalue weighted by Crippen LogP contribution is -2.42. The van der Waals surface area contributed by atoms with Gasteiger partial charge in [-0.2, -0.15) is 4.31 Å². The summed E-state index contributed by atoms with van der Waals surface area (Å²) in [7, 11) is -3.85. The number of hydrogen-bond acceptors (Lipinski definition) is 7. The van der Waals surface area contributed by atoms with Gasteiger partial charge in [0.2, 0.25) is 10.0 Å². The molecule has 148 valence electrons. The van der Waals surface area contributed by atoms with Crippen LogP contribution in [0.2, 0.25) is 0 Å². The van der Waals surface area contributed by atoms with Crippen LogP contribution in [-0.4, -0.2) is 63.0 Å². The minimum Gasteiger partial charge on any atom is -0.449 e. The van der Waals surface area contributed by atoms with E-state index >= 15 is 0 Å². The summed E-state index contributed by atoms with van der Waals surface area (Å²) in [6.07, 6.45) is -1.30. The molecule has 27 heavy (non-hydrogen) atoms. The molecule has 3 N–H and O–H groups in total. The maximum Gasteiger partial charge on any atom is 0.338 e. The molecule has 10 nitrogen and oxygen atoms in total. The fourth-order valence-corrected chi connectivity index (χ4v) is 4.62. The first kappa shape index (κ1) is 21.3. The van der Waals surface area contributed by atoms with Gasteiger partial charge in [0.25, 0.3) is 5.91 Å². The number of nitrogens with zero attached hydrogens (tertiary/aromatic N) is 1. The van der Waals surface area contributed by atoms with Crippen LogP contribution in [0, 0.1) is 0 Å². The monoisotopic (exact) mass is 463 g/mol. The summed E-state index contributed by atoms with van der Waals surface area (Å²) in [6.45, 7) is 2.22. The van der Waals surface area contributed by atoms with Crippen LogP contribution < -0.4 is 11.1 Å². The number of hydrogen-bond donors (Lipinski definition) is 2. The topological polar surface area (TPSA) is 145 Å². The van der Waals surface area contributed by atoms with Crippen LogP contribution in [0.5, 0.6) is 0 Å². The van der Waals surface area contributed by atoms with E-state index in [-0.39, 0.29) is 41.2 Å². The number of sulfonamides is 1. The first-order valence-corrected chi connectivity index (χ1v) is 10.0. The Morgan fingerprint density at radius 1 is 1.30 bits per heavy atom. The average Bonchev–Trinajstić information content (AvgIpc) is 2.61. The predicted octanol–water partition coefficient (Wildman–Crippen LogP) is 0.210. The number of benzene rings is 1. The van der Waals surface area contributed by atoms with Crippen molar-refractivity contribution in [3.63, 3.8) is 0 Å². The van der Waals surface area contributed by atoms with E-state index in [1.807, 2.05) is 0 Å². The lowest BCUT2D eigenvalue weighted by molar-refractivity contribution is -0.127. The van der Waals surface area contributed by atoms with E-state index in [0.717, 1.165) is 6.07 Å². The van der Waals surface area contributed by atoms with Crippen molar-refractivity contribution in [1.82, 2.24) is 9.62 Å². The molecule has 1 saturated heterocycles. The highest BCUT2D eigenvalue weighted by Gasteiger charge is 2.29. The van der Waals surface area contributed by atoms with Gasteiger partial charge in [-0.3, -0.25) is 10.1 Å². The van der Waals surface area contributed by atoms with Gasteiger partial charge in [0.05, 0.1) is 23.7 Å². The zero-order valence-electron chi connectivity index (χ0n) is 14.3. The number of nitrogens with two attached hydrogens (primary N) is 1. The van der Waals surface area contributed by atoms with Gasteiger partial charge in [-0.1, -0.05) is 0 Å². The van der Waals surface area contributed by atoms with Gasteiger partial charge in [-0.05, 0) is 41.1 Å². The van der Waals surface area contributed by atoms with Gasteiger partial charge in [-0.25, -0.2) is 18.0 Å². The third-order valence-corrected chi connectivity index (χ3v) is 6.55. The fraction of sp³-hybridized carbons (Fsp3) is 0.400. The number of carbonyl (C=O) groups is 3. The molecular formula is C15H18BrN3O7S. The summed E-state index contributed by atoms with van der Waals surface area (Å²) < 4.78 is 37.3. The highest BCUT2D eigenvalue weighted by molar-refractivity contribution is 9.10. The van der Waals surface area contributed by atoms with Crippen LogP contribution in [-0.2, 0) is 24.3 Å². The Kier molecular flexibility index (Phi) is 6.92. The molecule has 1 aromatic carbocycles. The summed E-state index contributed by atoms with van der Waals surface area (Å²) >= 11 is 3.18. The number of amides is 3. The second-order valence-corrected chi connectivity index (χ2v) is 8.32. The van der Waals surface area contributed by atoms with Crippen molar-refractivity contribution in [2.75, 3.05) is 26.3 Å². The second kappa shape index (κ2) is 8.78. The molecule has 0 aromatic heterocycles. The SMILES string of the molecule is CC(OC(=O)c1ccc(Br)c(S(=O)(=O)N2CCOCC2)c1)C(=O)NC(N)=O. The van der Waals surface area contributed by atoms with Crippen molar-refractivity contribution >= 4 is 43.9 Å². The maximum atomic E-state index is 12.8. The maximum absolute atomic E-state index is 12.8. The van der Waals surface area contributed by atoms with E-state index in [1.54, 1.807) is 5.32 Å². The number of halogens is 1. The minimum atomic E-state index is -3.85. The summed E-state index contributed by atoms with van der Waals surface area (Å²) in [6, 6.07) is 2.84. The van der Waals surface area contributed by atoms with Crippen LogP contribution in [0.25, 0.3) is 0 Å². The number of esters is 1. The van der Waals surface area contributed by atoms with E-state index < -0.39 is 34.0 Å². The van der Waals surface area contributed by atoms with E-state index in [9.17, 15) is 22.8 Å². The average molecular weight is 464 g/mol. The van der Waals surface area contributed by atoms with Crippen LogP contribution in [0.3, 0.4) is 0 Å². The van der Waals surface area contributed by atoms with Crippen molar-refractivity contribution in [3.8, 4) is 0 Å². The third kappa shape index (κ3) is 5.25. The zero-order chi connectivity index (χ0) is 20.2. The zero-order valence-corrected chi connectivity index (χ0v) is 16.7. The fourth-order valence-electron chi connectivity index (χ4n) is 2.26. The minimum absolute atomic E-state index is 0.0660. The Bertz CT molecular complexity index is 853. The Hall–Kier alpha value is -2.02. The third-order valence-electron chi connectivity index (χ3n) is 3.65. The van der Waals surface area contributed by atoms with Crippen LogP contribution in [0.1, 0.15) is 17.3 Å². The molecule has 0 radical (unpaired) electrons. The quantitative estimate of drug-likeness (QED) is 0.593. The standard InChI is InChI=1S/C15H18BrN3O7S/c1-9(13(20)18-15(17)22)26-14(21)10-2-3-11(16)12(8-10)27(23,24)19-4-6-25-7-5-19/h2-3,8-9H,4-7H2,1H3,(H3,17,18,20,22). The van der Waals surface area contributed by atoms with Crippen LogP contribution in [0.4, 0.5) is 4.79 Å². The molecule has 3 amide bonds. The van der Waals surface area contributed by atoms with Crippen molar-refractivity contribution in [1.29, 1.82) is 0 Å².